The molecule has 2 heterocycles. The lowest BCUT2D eigenvalue weighted by atomic mass is 10.2. The van der Waals surface area contributed by atoms with E-state index in [0.717, 1.165) is 43.6 Å². The minimum Gasteiger partial charge on any atom is -0.349 e. The number of fused-ring (bicyclic) bond motifs is 1. The number of nitrogens with zero attached hydrogens (tertiary/aromatic N) is 3. The van der Waals surface area contributed by atoms with Gasteiger partial charge in [-0.05, 0) is 6.07 Å². The van der Waals surface area contributed by atoms with Crippen molar-refractivity contribution in [1.82, 2.24) is 25.3 Å². The van der Waals surface area contributed by atoms with Crippen molar-refractivity contribution >= 4 is 16.8 Å². The van der Waals surface area contributed by atoms with Gasteiger partial charge in [-0.25, -0.2) is 0 Å². The number of allylic oxidation sites excluding steroid dienone is 1. The second-order valence-corrected chi connectivity index (χ2v) is 5.68. The summed E-state index contributed by atoms with van der Waals surface area (Å²) < 4.78 is 1.81. The zero-order chi connectivity index (χ0) is 16.1. The normalized spacial score (nSPS) is 15.7. The van der Waals surface area contributed by atoms with Gasteiger partial charge < -0.3 is 10.6 Å². The first kappa shape index (κ1) is 15.7. The minimum atomic E-state index is -0.112. The van der Waals surface area contributed by atoms with Crippen molar-refractivity contribution in [3.63, 3.8) is 0 Å². The molecule has 122 valence electrons. The van der Waals surface area contributed by atoms with Crippen LogP contribution in [-0.4, -0.2) is 59.9 Å². The van der Waals surface area contributed by atoms with Crippen LogP contribution < -0.4 is 10.6 Å². The summed E-state index contributed by atoms with van der Waals surface area (Å²) in [6.07, 6.45) is 1.78. The molecule has 1 amide bonds. The van der Waals surface area contributed by atoms with Crippen LogP contribution in [0.15, 0.2) is 36.9 Å². The maximum absolute atomic E-state index is 12.5. The number of benzene rings is 1. The Hall–Kier alpha value is -2.18. The highest BCUT2D eigenvalue weighted by molar-refractivity contribution is 6.04. The highest BCUT2D eigenvalue weighted by Gasteiger charge is 2.16. The Morgan fingerprint density at radius 3 is 2.91 bits per heavy atom. The molecule has 2 aromatic rings. The standard InChI is InChI=1S/C17H23N5O/c1-2-10-22-15-6-4-3-5-14(15)16(20-22)17(23)19-9-13-21-11-7-18-8-12-21/h2-6,18H,1,7-13H2,(H,19,23). The van der Waals surface area contributed by atoms with E-state index in [-0.39, 0.29) is 5.91 Å². The topological polar surface area (TPSA) is 62.2 Å². The summed E-state index contributed by atoms with van der Waals surface area (Å²) in [4.78, 5) is 14.8. The van der Waals surface area contributed by atoms with Gasteiger partial charge in [-0.3, -0.25) is 14.4 Å². The summed E-state index contributed by atoms with van der Waals surface area (Å²) in [6.45, 7) is 9.96. The Balaban J connectivity index is 1.67. The number of nitrogens with one attached hydrogen (secondary N) is 2. The van der Waals surface area contributed by atoms with E-state index >= 15 is 0 Å². The fourth-order valence-electron chi connectivity index (χ4n) is 2.90. The second kappa shape index (κ2) is 7.39. The predicted molar refractivity (Wildman–Crippen MR) is 91.6 cm³/mol. The van der Waals surface area contributed by atoms with Gasteiger partial charge in [0.15, 0.2) is 5.69 Å². The van der Waals surface area contributed by atoms with E-state index in [0.29, 0.717) is 18.8 Å². The number of hydrogen-bond acceptors (Lipinski definition) is 4. The van der Waals surface area contributed by atoms with E-state index in [2.05, 4.69) is 27.2 Å². The molecule has 1 saturated heterocycles. The molecule has 3 rings (SSSR count). The third-order valence-electron chi connectivity index (χ3n) is 4.10. The monoisotopic (exact) mass is 313 g/mol. The number of carbonyl (C=O) groups excluding carboxylic acids is 1. The average molecular weight is 313 g/mol. The first-order valence-corrected chi connectivity index (χ1v) is 8.07. The van der Waals surface area contributed by atoms with Crippen molar-refractivity contribution in [1.29, 1.82) is 0 Å². The number of aromatic nitrogens is 2. The van der Waals surface area contributed by atoms with Crippen LogP contribution in [0.1, 0.15) is 10.5 Å². The van der Waals surface area contributed by atoms with E-state index in [1.54, 1.807) is 6.08 Å². The van der Waals surface area contributed by atoms with Crippen molar-refractivity contribution in [2.75, 3.05) is 39.3 Å². The van der Waals surface area contributed by atoms with Crippen LogP contribution in [0.3, 0.4) is 0 Å². The highest BCUT2D eigenvalue weighted by atomic mass is 16.1. The summed E-state index contributed by atoms with van der Waals surface area (Å²) in [6, 6.07) is 7.80. The first-order valence-electron chi connectivity index (χ1n) is 8.07. The summed E-state index contributed by atoms with van der Waals surface area (Å²) >= 11 is 0. The molecule has 6 heteroatoms. The van der Waals surface area contributed by atoms with Crippen molar-refractivity contribution in [2.45, 2.75) is 6.54 Å². The fraction of sp³-hybridized carbons (Fsp3) is 0.412. The van der Waals surface area contributed by atoms with E-state index in [1.165, 1.54) is 0 Å². The predicted octanol–water partition coefficient (Wildman–Crippen LogP) is 0.857. The molecule has 0 atom stereocenters. The van der Waals surface area contributed by atoms with Crippen LogP contribution in [0.4, 0.5) is 0 Å². The van der Waals surface area contributed by atoms with Gasteiger partial charge in [0.25, 0.3) is 5.91 Å². The molecular weight excluding hydrogens is 290 g/mol. The smallest absolute Gasteiger partial charge is 0.272 e. The Kier molecular flexibility index (Phi) is 5.05. The number of hydrogen-bond donors (Lipinski definition) is 2. The molecule has 23 heavy (non-hydrogen) atoms. The molecule has 0 bridgehead atoms. The number of amides is 1. The molecule has 1 aromatic heterocycles. The van der Waals surface area contributed by atoms with Gasteiger partial charge in [0.05, 0.1) is 12.1 Å². The van der Waals surface area contributed by atoms with Crippen LogP contribution >= 0.6 is 0 Å². The van der Waals surface area contributed by atoms with Crippen LogP contribution in [0.2, 0.25) is 0 Å². The zero-order valence-electron chi connectivity index (χ0n) is 13.3. The lowest BCUT2D eigenvalue weighted by molar-refractivity contribution is 0.0943. The number of piperazine rings is 1. The molecule has 1 aliphatic heterocycles. The van der Waals surface area contributed by atoms with Crippen LogP contribution in [0.5, 0.6) is 0 Å². The SMILES string of the molecule is C=CCn1nc(C(=O)NCCN2CCNCC2)c2ccccc21. The molecule has 0 aliphatic carbocycles. The molecule has 6 nitrogen and oxygen atoms in total. The van der Waals surface area contributed by atoms with Gasteiger partial charge in [-0.1, -0.05) is 24.3 Å². The molecule has 1 aliphatic rings. The van der Waals surface area contributed by atoms with E-state index < -0.39 is 0 Å². The van der Waals surface area contributed by atoms with Gasteiger partial charge in [0, 0.05) is 44.7 Å². The Labute approximate surface area is 136 Å². The first-order chi connectivity index (χ1) is 11.3. The average Bonchev–Trinajstić information content (AvgIpc) is 2.95. The lowest BCUT2D eigenvalue weighted by Crippen LogP contribution is -2.46. The number of rotatable bonds is 6. The summed E-state index contributed by atoms with van der Waals surface area (Å²) in [5.74, 6) is -0.112. The Morgan fingerprint density at radius 2 is 2.13 bits per heavy atom. The third-order valence-corrected chi connectivity index (χ3v) is 4.10. The lowest BCUT2D eigenvalue weighted by Gasteiger charge is -2.26. The van der Waals surface area contributed by atoms with Gasteiger partial charge in [-0.2, -0.15) is 5.10 Å². The van der Waals surface area contributed by atoms with Crippen molar-refractivity contribution in [2.24, 2.45) is 0 Å². The zero-order valence-corrected chi connectivity index (χ0v) is 13.3. The largest absolute Gasteiger partial charge is 0.349 e. The maximum Gasteiger partial charge on any atom is 0.272 e. The van der Waals surface area contributed by atoms with E-state index in [1.807, 2.05) is 28.9 Å². The number of carbonyl (C=O) groups is 1. The molecule has 0 saturated carbocycles. The van der Waals surface area contributed by atoms with Gasteiger partial charge in [-0.15, -0.1) is 6.58 Å². The molecular formula is C17H23N5O. The van der Waals surface area contributed by atoms with Crippen molar-refractivity contribution in [3.05, 3.63) is 42.6 Å². The van der Waals surface area contributed by atoms with Crippen LogP contribution in [0.25, 0.3) is 10.9 Å². The number of para-hydroxylation sites is 1. The Morgan fingerprint density at radius 1 is 1.35 bits per heavy atom. The quantitative estimate of drug-likeness (QED) is 0.777. The van der Waals surface area contributed by atoms with Gasteiger partial charge in [0.1, 0.15) is 0 Å². The fourth-order valence-corrected chi connectivity index (χ4v) is 2.90. The summed E-state index contributed by atoms with van der Waals surface area (Å²) in [5.41, 5.74) is 1.45. The molecule has 0 radical (unpaired) electrons. The molecule has 0 unspecified atom stereocenters. The Bertz CT molecular complexity index is 687. The second-order valence-electron chi connectivity index (χ2n) is 5.68. The van der Waals surface area contributed by atoms with E-state index in [9.17, 15) is 4.79 Å². The minimum absolute atomic E-state index is 0.112. The van der Waals surface area contributed by atoms with E-state index in [4.69, 9.17) is 0 Å². The molecule has 2 N–H and O–H groups in total. The highest BCUT2D eigenvalue weighted by Crippen LogP contribution is 2.18. The molecule has 1 fully saturated rings. The maximum atomic E-state index is 12.5. The van der Waals surface area contributed by atoms with Crippen LogP contribution in [-0.2, 0) is 6.54 Å². The van der Waals surface area contributed by atoms with Crippen LogP contribution in [0, 0.1) is 0 Å². The van der Waals surface area contributed by atoms with Gasteiger partial charge in [0.2, 0.25) is 0 Å². The van der Waals surface area contributed by atoms with Crippen molar-refractivity contribution < 1.29 is 4.79 Å². The third kappa shape index (κ3) is 3.60. The summed E-state index contributed by atoms with van der Waals surface area (Å²) in [5, 5.41) is 11.7. The summed E-state index contributed by atoms with van der Waals surface area (Å²) in [7, 11) is 0. The van der Waals surface area contributed by atoms with Crippen molar-refractivity contribution in [3.8, 4) is 0 Å². The molecule has 0 spiro atoms. The van der Waals surface area contributed by atoms with Gasteiger partial charge >= 0.3 is 0 Å². The molecule has 1 aromatic carbocycles.